The third-order valence-electron chi connectivity index (χ3n) is 1.81. The summed E-state index contributed by atoms with van der Waals surface area (Å²) in [6.07, 6.45) is 3.17. The Morgan fingerprint density at radius 2 is 2.19 bits per heavy atom. The molecule has 0 unspecified atom stereocenters. The van der Waals surface area contributed by atoms with Crippen molar-refractivity contribution in [3.63, 3.8) is 0 Å². The van der Waals surface area contributed by atoms with Gasteiger partial charge in [0.25, 0.3) is 0 Å². The molecule has 1 amide bonds. The van der Waals surface area contributed by atoms with E-state index in [9.17, 15) is 13.2 Å². The third kappa shape index (κ3) is 4.74. The average molecular weight is 244 g/mol. The highest BCUT2D eigenvalue weighted by atomic mass is 32.2. The van der Waals surface area contributed by atoms with E-state index in [4.69, 9.17) is 5.11 Å². The van der Waals surface area contributed by atoms with Gasteiger partial charge >= 0.3 is 6.09 Å². The van der Waals surface area contributed by atoms with Crippen LogP contribution in [0.3, 0.4) is 0 Å². The van der Waals surface area contributed by atoms with E-state index >= 15 is 0 Å². The first-order valence-electron chi connectivity index (χ1n) is 4.48. The molecule has 0 aromatic carbocycles. The van der Waals surface area contributed by atoms with E-state index in [-0.39, 0.29) is 5.75 Å². The molecule has 0 spiro atoms. The number of carboxylic acid groups (broad SMARTS) is 1. The smallest absolute Gasteiger partial charge is 0.409 e. The molecule has 1 aromatic heterocycles. The van der Waals surface area contributed by atoms with Gasteiger partial charge in [-0.2, -0.15) is 0 Å². The number of nitrogens with zero attached hydrogens (tertiary/aromatic N) is 1. The predicted molar refractivity (Wildman–Crippen MR) is 59.3 cm³/mol. The lowest BCUT2D eigenvalue weighted by atomic mass is 10.2. The second-order valence-corrected chi connectivity index (χ2v) is 5.65. The van der Waals surface area contributed by atoms with Gasteiger partial charge in [0.1, 0.15) is 9.84 Å². The minimum Gasteiger partial charge on any atom is -0.465 e. The molecular formula is C9H12N2O4S. The van der Waals surface area contributed by atoms with Gasteiger partial charge in [0, 0.05) is 12.5 Å². The van der Waals surface area contributed by atoms with Crippen LogP contribution < -0.4 is 5.32 Å². The number of amides is 1. The van der Waals surface area contributed by atoms with E-state index in [0.29, 0.717) is 17.7 Å². The molecule has 16 heavy (non-hydrogen) atoms. The molecule has 0 bridgehead atoms. The van der Waals surface area contributed by atoms with E-state index in [0.717, 1.165) is 6.26 Å². The molecule has 0 radical (unpaired) electrons. The van der Waals surface area contributed by atoms with Gasteiger partial charge in [-0.15, -0.1) is 0 Å². The lowest BCUT2D eigenvalue weighted by Crippen LogP contribution is -2.09. The number of carbonyl (C=O) groups is 1. The molecule has 0 aliphatic heterocycles. The van der Waals surface area contributed by atoms with E-state index < -0.39 is 15.9 Å². The summed E-state index contributed by atoms with van der Waals surface area (Å²) >= 11 is 0. The van der Waals surface area contributed by atoms with E-state index in [1.54, 1.807) is 6.07 Å². The van der Waals surface area contributed by atoms with Crippen LogP contribution in [0.15, 0.2) is 18.5 Å². The molecule has 0 saturated carbocycles. The first-order chi connectivity index (χ1) is 7.37. The number of rotatable bonds is 4. The molecule has 0 aliphatic carbocycles. The molecule has 1 aromatic rings. The van der Waals surface area contributed by atoms with Crippen LogP contribution in [0.25, 0.3) is 0 Å². The van der Waals surface area contributed by atoms with E-state index in [1.165, 1.54) is 12.4 Å². The Hall–Kier alpha value is -1.63. The van der Waals surface area contributed by atoms with E-state index in [2.05, 4.69) is 10.3 Å². The fourth-order valence-electron chi connectivity index (χ4n) is 1.12. The zero-order valence-corrected chi connectivity index (χ0v) is 9.49. The topological polar surface area (TPSA) is 96.4 Å². The maximum absolute atomic E-state index is 10.9. The number of anilines is 1. The zero-order valence-electron chi connectivity index (χ0n) is 8.67. The summed E-state index contributed by atoms with van der Waals surface area (Å²) in [4.78, 5) is 14.2. The quantitative estimate of drug-likeness (QED) is 0.815. The van der Waals surface area contributed by atoms with Crippen LogP contribution >= 0.6 is 0 Å². The number of sulfone groups is 1. The normalized spacial score (nSPS) is 11.1. The monoisotopic (exact) mass is 244 g/mol. The highest BCUT2D eigenvalue weighted by molar-refractivity contribution is 7.90. The molecule has 7 heteroatoms. The Bertz CT molecular complexity index is 484. The third-order valence-corrected chi connectivity index (χ3v) is 2.75. The van der Waals surface area contributed by atoms with Gasteiger partial charge < -0.3 is 5.11 Å². The van der Waals surface area contributed by atoms with Crippen LogP contribution in [0.2, 0.25) is 0 Å². The SMILES string of the molecule is CS(=O)(=O)CCc1cncc(NC(=O)O)c1. The first-order valence-corrected chi connectivity index (χ1v) is 6.54. The van der Waals surface area contributed by atoms with Crippen molar-refractivity contribution in [2.75, 3.05) is 17.3 Å². The molecule has 0 atom stereocenters. The number of hydrogen-bond acceptors (Lipinski definition) is 4. The standard InChI is InChI=1S/C9H12N2O4S/c1-16(14,15)3-2-7-4-8(6-10-5-7)11-9(12)13/h4-6,11H,2-3H2,1H3,(H,12,13). The Morgan fingerprint density at radius 1 is 1.50 bits per heavy atom. The van der Waals surface area contributed by atoms with Gasteiger partial charge in [-0.25, -0.2) is 13.2 Å². The molecule has 0 saturated heterocycles. The fourth-order valence-corrected chi connectivity index (χ4v) is 1.73. The highest BCUT2D eigenvalue weighted by Gasteiger charge is 2.05. The summed E-state index contributed by atoms with van der Waals surface area (Å²) in [5, 5.41) is 10.6. The fraction of sp³-hybridized carbons (Fsp3) is 0.333. The molecule has 6 nitrogen and oxygen atoms in total. The van der Waals surface area contributed by atoms with Crippen molar-refractivity contribution in [1.29, 1.82) is 0 Å². The van der Waals surface area contributed by atoms with Gasteiger partial charge in [-0.3, -0.25) is 10.3 Å². The van der Waals surface area contributed by atoms with Gasteiger partial charge in [0.2, 0.25) is 0 Å². The first kappa shape index (κ1) is 12.4. The summed E-state index contributed by atoms with van der Waals surface area (Å²) in [7, 11) is -3.02. The van der Waals surface area contributed by atoms with Crippen molar-refractivity contribution in [1.82, 2.24) is 4.98 Å². The van der Waals surface area contributed by atoms with Crippen molar-refractivity contribution >= 4 is 21.6 Å². The lowest BCUT2D eigenvalue weighted by molar-refractivity contribution is 0.209. The van der Waals surface area contributed by atoms with Gasteiger partial charge in [-0.1, -0.05) is 0 Å². The number of aromatic nitrogens is 1. The molecule has 0 aliphatic rings. The molecule has 88 valence electrons. The number of aryl methyl sites for hydroxylation is 1. The van der Waals surface area contributed by atoms with Crippen LogP contribution in [0.4, 0.5) is 10.5 Å². The van der Waals surface area contributed by atoms with Gasteiger partial charge in [-0.05, 0) is 18.1 Å². The van der Waals surface area contributed by atoms with Crippen molar-refractivity contribution in [2.45, 2.75) is 6.42 Å². The molecule has 0 fully saturated rings. The van der Waals surface area contributed by atoms with Crippen LogP contribution in [0, 0.1) is 0 Å². The van der Waals surface area contributed by atoms with E-state index in [1.807, 2.05) is 0 Å². The lowest BCUT2D eigenvalue weighted by Gasteiger charge is -2.03. The minimum absolute atomic E-state index is 0.0191. The zero-order chi connectivity index (χ0) is 12.2. The Balaban J connectivity index is 2.71. The summed E-state index contributed by atoms with van der Waals surface area (Å²) in [6.45, 7) is 0. The predicted octanol–water partition coefficient (Wildman–Crippen LogP) is 0.759. The number of hydrogen-bond donors (Lipinski definition) is 2. The molecule has 1 heterocycles. The molecule has 2 N–H and O–H groups in total. The van der Waals surface area contributed by atoms with Crippen LogP contribution in [0.1, 0.15) is 5.56 Å². The number of pyridine rings is 1. The van der Waals surface area contributed by atoms with Crippen LogP contribution in [0.5, 0.6) is 0 Å². The maximum atomic E-state index is 10.9. The van der Waals surface area contributed by atoms with Crippen molar-refractivity contribution in [3.8, 4) is 0 Å². The second-order valence-electron chi connectivity index (χ2n) is 3.39. The largest absolute Gasteiger partial charge is 0.465 e. The van der Waals surface area contributed by atoms with Crippen molar-refractivity contribution in [2.24, 2.45) is 0 Å². The minimum atomic E-state index is -3.02. The Labute approximate surface area is 93.2 Å². The summed E-state index contributed by atoms with van der Waals surface area (Å²) < 4.78 is 21.9. The second kappa shape index (κ2) is 4.93. The van der Waals surface area contributed by atoms with Crippen LogP contribution in [-0.4, -0.2) is 36.6 Å². The Kier molecular flexibility index (Phi) is 3.83. The molecular weight excluding hydrogens is 232 g/mol. The summed E-state index contributed by atoms with van der Waals surface area (Å²) in [5.74, 6) is 0.0191. The molecule has 1 rings (SSSR count). The van der Waals surface area contributed by atoms with Gasteiger partial charge in [0.05, 0.1) is 17.6 Å². The van der Waals surface area contributed by atoms with Crippen LogP contribution in [-0.2, 0) is 16.3 Å². The van der Waals surface area contributed by atoms with Gasteiger partial charge in [0.15, 0.2) is 0 Å². The number of nitrogens with one attached hydrogen (secondary N) is 1. The highest BCUT2D eigenvalue weighted by Crippen LogP contribution is 2.09. The van der Waals surface area contributed by atoms with Crippen molar-refractivity contribution < 1.29 is 18.3 Å². The van der Waals surface area contributed by atoms with Crippen molar-refractivity contribution in [3.05, 3.63) is 24.0 Å². The Morgan fingerprint density at radius 3 is 2.75 bits per heavy atom. The summed E-state index contributed by atoms with van der Waals surface area (Å²) in [5.41, 5.74) is 1.01. The maximum Gasteiger partial charge on any atom is 0.409 e. The summed E-state index contributed by atoms with van der Waals surface area (Å²) in [6, 6.07) is 1.56. The average Bonchev–Trinajstić information content (AvgIpc) is 2.13.